The van der Waals surface area contributed by atoms with Crippen LogP contribution in [0, 0.1) is 0 Å². The maximum absolute atomic E-state index is 13.2. The molecule has 3 aliphatic rings. The van der Waals surface area contributed by atoms with Gasteiger partial charge in [-0.3, -0.25) is 19.3 Å². The summed E-state index contributed by atoms with van der Waals surface area (Å²) in [6, 6.07) is 8.34. The fourth-order valence-corrected chi connectivity index (χ4v) is 5.67. The number of carbonyl (C=O) groups excluding carboxylic acids is 4. The molecule has 3 heterocycles. The fraction of sp³-hybridized carbons (Fsp3) is 0.364. The Kier molecular flexibility index (Phi) is 4.77. The number of aryl methyl sites for hydroxylation is 1. The molecule has 5 rings (SSSR count). The van der Waals surface area contributed by atoms with Crippen molar-refractivity contribution in [3.63, 3.8) is 0 Å². The number of thiophene rings is 1. The minimum Gasteiger partial charge on any atom is -0.325 e. The number of hydrogen-bond acceptors (Lipinski definition) is 5. The van der Waals surface area contributed by atoms with E-state index in [0.29, 0.717) is 25.1 Å². The topological polar surface area (TPSA) is 98.8 Å². The van der Waals surface area contributed by atoms with E-state index in [1.54, 1.807) is 40.5 Å². The van der Waals surface area contributed by atoms with Crippen LogP contribution in [-0.2, 0) is 26.3 Å². The molecule has 31 heavy (non-hydrogen) atoms. The molecule has 2 N–H and O–H groups in total. The SMILES string of the molecule is O=C(CN1C(=O)N[C@@]2(CCCc3sccc32)C1=O)Nc1ccc(N2CCCC2=O)cc1. The van der Waals surface area contributed by atoms with Crippen molar-refractivity contribution in [2.45, 2.75) is 37.6 Å². The van der Waals surface area contributed by atoms with Gasteiger partial charge in [0.25, 0.3) is 5.91 Å². The molecule has 2 aliphatic heterocycles. The third-order valence-electron chi connectivity index (χ3n) is 6.17. The van der Waals surface area contributed by atoms with Gasteiger partial charge in [-0.05, 0) is 61.4 Å². The standard InChI is InChI=1S/C22H22N4O4S/c27-18(23-14-5-7-15(8-6-14)25-11-2-4-19(25)28)13-26-20(29)22(24-21(26)30)10-1-3-17-16(22)9-12-31-17/h5-9,12H,1-4,10-11,13H2,(H,23,27)(H,24,30)/t22-/m1/s1. The normalized spacial score (nSPS) is 22.8. The largest absolute Gasteiger partial charge is 0.325 e. The molecule has 5 amide bonds. The second-order valence-corrected chi connectivity index (χ2v) is 9.08. The third-order valence-corrected chi connectivity index (χ3v) is 7.16. The van der Waals surface area contributed by atoms with Crippen LogP contribution in [0.25, 0.3) is 0 Å². The first-order valence-electron chi connectivity index (χ1n) is 10.4. The summed E-state index contributed by atoms with van der Waals surface area (Å²) in [5.41, 5.74) is 1.15. The lowest BCUT2D eigenvalue weighted by atomic mass is 9.80. The molecular formula is C22H22N4O4S. The summed E-state index contributed by atoms with van der Waals surface area (Å²) in [4.78, 5) is 54.0. The van der Waals surface area contributed by atoms with E-state index < -0.39 is 17.5 Å². The zero-order valence-electron chi connectivity index (χ0n) is 16.8. The van der Waals surface area contributed by atoms with Gasteiger partial charge in [0.15, 0.2) is 0 Å². The van der Waals surface area contributed by atoms with E-state index in [2.05, 4.69) is 10.6 Å². The van der Waals surface area contributed by atoms with Crippen LogP contribution in [0.2, 0.25) is 0 Å². The van der Waals surface area contributed by atoms with Crippen molar-refractivity contribution in [2.75, 3.05) is 23.3 Å². The second-order valence-electron chi connectivity index (χ2n) is 8.08. The van der Waals surface area contributed by atoms with Crippen LogP contribution in [-0.4, -0.2) is 41.7 Å². The van der Waals surface area contributed by atoms with E-state index >= 15 is 0 Å². The number of fused-ring (bicyclic) bond motifs is 2. The molecule has 2 saturated heterocycles. The summed E-state index contributed by atoms with van der Waals surface area (Å²) in [6.07, 6.45) is 3.65. The number of imide groups is 1. The van der Waals surface area contributed by atoms with Crippen LogP contribution in [0.3, 0.4) is 0 Å². The maximum Gasteiger partial charge on any atom is 0.325 e. The van der Waals surface area contributed by atoms with Gasteiger partial charge in [0.2, 0.25) is 11.8 Å². The number of benzene rings is 1. The molecule has 2 fully saturated rings. The highest BCUT2D eigenvalue weighted by Crippen LogP contribution is 2.42. The Morgan fingerprint density at radius 2 is 1.90 bits per heavy atom. The molecule has 1 atom stereocenters. The summed E-state index contributed by atoms with van der Waals surface area (Å²) in [6.45, 7) is 0.350. The first kappa shape index (κ1) is 19.7. The van der Waals surface area contributed by atoms with Crippen LogP contribution in [0.1, 0.15) is 36.1 Å². The van der Waals surface area contributed by atoms with Crippen molar-refractivity contribution < 1.29 is 19.2 Å². The zero-order chi connectivity index (χ0) is 21.6. The van der Waals surface area contributed by atoms with E-state index in [-0.39, 0.29) is 18.4 Å². The van der Waals surface area contributed by atoms with E-state index in [1.165, 1.54) is 0 Å². The lowest BCUT2D eigenvalue weighted by Crippen LogP contribution is -2.46. The predicted molar refractivity (Wildman–Crippen MR) is 116 cm³/mol. The van der Waals surface area contributed by atoms with Crippen molar-refractivity contribution in [3.05, 3.63) is 46.2 Å². The van der Waals surface area contributed by atoms with Crippen molar-refractivity contribution in [2.24, 2.45) is 0 Å². The molecule has 1 aromatic heterocycles. The number of nitrogens with one attached hydrogen (secondary N) is 2. The van der Waals surface area contributed by atoms with Crippen molar-refractivity contribution in [1.82, 2.24) is 10.2 Å². The van der Waals surface area contributed by atoms with E-state index in [0.717, 1.165) is 40.3 Å². The average molecular weight is 439 g/mol. The van der Waals surface area contributed by atoms with Crippen molar-refractivity contribution >= 4 is 46.5 Å². The van der Waals surface area contributed by atoms with Gasteiger partial charge in [0.1, 0.15) is 12.1 Å². The smallest absolute Gasteiger partial charge is 0.325 e. The van der Waals surface area contributed by atoms with Crippen LogP contribution >= 0.6 is 11.3 Å². The minimum absolute atomic E-state index is 0.0979. The van der Waals surface area contributed by atoms with Crippen LogP contribution in [0.4, 0.5) is 16.2 Å². The molecule has 9 heteroatoms. The number of carbonyl (C=O) groups is 4. The number of urea groups is 1. The van der Waals surface area contributed by atoms with Crippen LogP contribution in [0.15, 0.2) is 35.7 Å². The van der Waals surface area contributed by atoms with E-state index in [9.17, 15) is 19.2 Å². The van der Waals surface area contributed by atoms with Gasteiger partial charge in [-0.2, -0.15) is 0 Å². The van der Waals surface area contributed by atoms with E-state index in [4.69, 9.17) is 0 Å². The number of rotatable bonds is 4. The van der Waals surface area contributed by atoms with Gasteiger partial charge >= 0.3 is 6.03 Å². The molecule has 0 unspecified atom stereocenters. The van der Waals surface area contributed by atoms with Crippen molar-refractivity contribution in [3.8, 4) is 0 Å². The highest BCUT2D eigenvalue weighted by Gasteiger charge is 2.54. The summed E-state index contributed by atoms with van der Waals surface area (Å²) in [5.74, 6) is -0.720. The fourth-order valence-electron chi connectivity index (χ4n) is 4.67. The molecule has 160 valence electrons. The lowest BCUT2D eigenvalue weighted by Gasteiger charge is -2.31. The van der Waals surface area contributed by atoms with Gasteiger partial charge < -0.3 is 15.5 Å². The Hall–Kier alpha value is -3.20. The summed E-state index contributed by atoms with van der Waals surface area (Å²) >= 11 is 1.59. The van der Waals surface area contributed by atoms with E-state index in [1.807, 2.05) is 11.4 Å². The summed E-state index contributed by atoms with van der Waals surface area (Å²) in [5, 5.41) is 7.52. The van der Waals surface area contributed by atoms with Crippen molar-refractivity contribution in [1.29, 1.82) is 0 Å². The lowest BCUT2D eigenvalue weighted by molar-refractivity contribution is -0.134. The Morgan fingerprint density at radius 3 is 2.65 bits per heavy atom. The van der Waals surface area contributed by atoms with Gasteiger partial charge in [-0.15, -0.1) is 11.3 Å². The van der Waals surface area contributed by atoms with Crippen LogP contribution < -0.4 is 15.5 Å². The first-order valence-corrected chi connectivity index (χ1v) is 11.3. The van der Waals surface area contributed by atoms with Gasteiger partial charge in [-0.25, -0.2) is 4.79 Å². The molecule has 0 bridgehead atoms. The predicted octanol–water partition coefficient (Wildman–Crippen LogP) is 2.60. The van der Waals surface area contributed by atoms with Gasteiger partial charge in [-0.1, -0.05) is 0 Å². The van der Waals surface area contributed by atoms with Gasteiger partial charge in [0, 0.05) is 34.8 Å². The Morgan fingerprint density at radius 1 is 1.10 bits per heavy atom. The maximum atomic E-state index is 13.2. The molecule has 8 nitrogen and oxygen atoms in total. The zero-order valence-corrected chi connectivity index (χ0v) is 17.7. The monoisotopic (exact) mass is 438 g/mol. The number of hydrogen-bond donors (Lipinski definition) is 2. The molecular weight excluding hydrogens is 416 g/mol. The molecule has 1 aromatic carbocycles. The number of amides is 5. The average Bonchev–Trinajstić information content (AvgIpc) is 3.46. The van der Waals surface area contributed by atoms with Crippen LogP contribution in [0.5, 0.6) is 0 Å². The molecule has 1 aliphatic carbocycles. The quantitative estimate of drug-likeness (QED) is 0.717. The second kappa shape index (κ2) is 7.49. The minimum atomic E-state index is -1.05. The number of nitrogens with zero attached hydrogens (tertiary/aromatic N) is 2. The highest BCUT2D eigenvalue weighted by atomic mass is 32.1. The molecule has 0 radical (unpaired) electrons. The molecule has 1 spiro atoms. The summed E-state index contributed by atoms with van der Waals surface area (Å²) < 4.78 is 0. The first-order chi connectivity index (χ1) is 15.0. The molecule has 0 saturated carbocycles. The molecule has 2 aromatic rings. The third kappa shape index (κ3) is 3.29. The Labute approximate surface area is 183 Å². The Balaban J connectivity index is 1.26. The van der Waals surface area contributed by atoms with Gasteiger partial charge in [0.05, 0.1) is 0 Å². The number of anilines is 2. The Bertz CT molecular complexity index is 1080. The highest BCUT2D eigenvalue weighted by molar-refractivity contribution is 7.10. The summed E-state index contributed by atoms with van der Waals surface area (Å²) in [7, 11) is 0.